The summed E-state index contributed by atoms with van der Waals surface area (Å²) in [7, 11) is -1.97. The molecule has 3 rings (SSSR count). The van der Waals surface area contributed by atoms with E-state index in [2.05, 4.69) is 5.16 Å². The van der Waals surface area contributed by atoms with E-state index in [0.717, 1.165) is 11.8 Å². The number of aromatic nitrogens is 1. The fourth-order valence-electron chi connectivity index (χ4n) is 3.31. The molecule has 1 aromatic carbocycles. The molecule has 1 aromatic heterocycles. The highest BCUT2D eigenvalue weighted by Gasteiger charge is 2.35. The molecule has 2 aromatic rings. The van der Waals surface area contributed by atoms with Crippen molar-refractivity contribution in [2.24, 2.45) is 0 Å². The number of rotatable bonds is 3. The van der Waals surface area contributed by atoms with Gasteiger partial charge in [0.05, 0.1) is 18.0 Å². The van der Waals surface area contributed by atoms with Crippen molar-refractivity contribution in [1.29, 1.82) is 0 Å². The Morgan fingerprint density at radius 1 is 1.31 bits per heavy atom. The lowest BCUT2D eigenvalue weighted by molar-refractivity contribution is 0.0815. The highest BCUT2D eigenvalue weighted by molar-refractivity contribution is 7.90. The van der Waals surface area contributed by atoms with E-state index in [1.807, 2.05) is 0 Å². The lowest BCUT2D eigenvalue weighted by Crippen LogP contribution is -2.40. The summed E-state index contributed by atoms with van der Waals surface area (Å²) in [4.78, 5) is 25.3. The van der Waals surface area contributed by atoms with Crippen molar-refractivity contribution in [2.75, 3.05) is 19.9 Å². The Morgan fingerprint density at radius 3 is 2.54 bits per heavy atom. The van der Waals surface area contributed by atoms with Gasteiger partial charge in [0, 0.05) is 24.8 Å². The van der Waals surface area contributed by atoms with E-state index < -0.39 is 15.9 Å². The van der Waals surface area contributed by atoms with Crippen LogP contribution in [0, 0.1) is 0 Å². The largest absolute Gasteiger partial charge is 0.453 e. The van der Waals surface area contributed by atoms with Gasteiger partial charge in [0.1, 0.15) is 5.76 Å². The molecule has 1 fully saturated rings. The second kappa shape index (κ2) is 6.99. The lowest BCUT2D eigenvalue weighted by atomic mass is 9.86. The van der Waals surface area contributed by atoms with Gasteiger partial charge < -0.3 is 14.2 Å². The number of sulfone groups is 1. The number of amides is 1. The van der Waals surface area contributed by atoms with Crippen LogP contribution < -0.4 is 5.56 Å². The van der Waals surface area contributed by atoms with E-state index in [-0.39, 0.29) is 22.4 Å². The van der Waals surface area contributed by atoms with Gasteiger partial charge in [0.2, 0.25) is 0 Å². The van der Waals surface area contributed by atoms with E-state index in [1.165, 1.54) is 25.3 Å². The number of carbonyl (C=O) groups is 1. The smallest absolute Gasteiger partial charge is 0.409 e. The van der Waals surface area contributed by atoms with E-state index in [4.69, 9.17) is 9.26 Å². The van der Waals surface area contributed by atoms with Crippen molar-refractivity contribution in [3.63, 3.8) is 0 Å². The van der Waals surface area contributed by atoms with Crippen molar-refractivity contribution in [3.05, 3.63) is 52.0 Å². The third-order valence-electron chi connectivity index (χ3n) is 4.65. The zero-order valence-electron chi connectivity index (χ0n) is 14.5. The molecule has 1 amide bonds. The first-order valence-corrected chi connectivity index (χ1v) is 10.0. The van der Waals surface area contributed by atoms with Crippen LogP contribution in [0.3, 0.4) is 0 Å². The topological polar surface area (TPSA) is 110 Å². The number of ether oxygens (including phenoxy) is 1. The number of methoxy groups -OCH3 is 1. The predicted octanol–water partition coefficient (Wildman–Crippen LogP) is 2.06. The maximum atomic E-state index is 12.2. The van der Waals surface area contributed by atoms with Gasteiger partial charge in [-0.1, -0.05) is 12.1 Å². The zero-order chi connectivity index (χ0) is 18.9. The van der Waals surface area contributed by atoms with Gasteiger partial charge in [-0.05, 0) is 30.5 Å². The van der Waals surface area contributed by atoms with Crippen LogP contribution in [0.2, 0.25) is 0 Å². The Hall–Kier alpha value is -2.55. The maximum absolute atomic E-state index is 12.2. The third kappa shape index (κ3) is 3.67. The standard InChI is InChI=1S/C17H20N2O6S/c1-24-17(21)19-8-7-12(15-10-16(20)18-25-15)9-14(19)11-3-5-13(6-4-11)26(2,22)23/h3-6,10,12,14H,7-9H2,1-2H3,(H,18,20)/t12-,14-/m1/s1. The SMILES string of the molecule is COC(=O)N1CC[C@@H](c2cc(=O)[nH]o2)C[C@@H]1c1ccc(S(C)(=O)=O)cc1. The molecule has 0 spiro atoms. The average molecular weight is 380 g/mol. The Balaban J connectivity index is 1.92. The van der Waals surface area contributed by atoms with Crippen LogP contribution >= 0.6 is 0 Å². The number of piperidine rings is 1. The van der Waals surface area contributed by atoms with Gasteiger partial charge in [-0.25, -0.2) is 13.2 Å². The molecule has 8 nitrogen and oxygen atoms in total. The summed E-state index contributed by atoms with van der Waals surface area (Å²) in [5.41, 5.74) is 0.495. The number of hydrogen-bond donors (Lipinski definition) is 1. The molecule has 1 aliphatic rings. The van der Waals surface area contributed by atoms with E-state index in [1.54, 1.807) is 17.0 Å². The summed E-state index contributed by atoms with van der Waals surface area (Å²) in [5.74, 6) is 0.520. The molecular weight excluding hydrogens is 360 g/mol. The Bertz CT molecular complexity index is 944. The minimum absolute atomic E-state index is 0.0329. The Labute approximate surface area is 150 Å². The van der Waals surface area contributed by atoms with Gasteiger partial charge in [0.25, 0.3) is 5.56 Å². The summed E-state index contributed by atoms with van der Waals surface area (Å²) >= 11 is 0. The quantitative estimate of drug-likeness (QED) is 0.873. The van der Waals surface area contributed by atoms with Crippen LogP contribution in [0.25, 0.3) is 0 Å². The summed E-state index contributed by atoms with van der Waals surface area (Å²) in [6, 6.07) is 7.57. The van der Waals surface area contributed by atoms with Crippen LogP contribution in [0.15, 0.2) is 44.5 Å². The number of likely N-dealkylation sites (tertiary alicyclic amines) is 1. The van der Waals surface area contributed by atoms with Gasteiger partial charge in [0.15, 0.2) is 9.84 Å². The lowest BCUT2D eigenvalue weighted by Gasteiger charge is -2.38. The molecule has 2 atom stereocenters. The molecular formula is C17H20N2O6S. The molecule has 0 saturated carbocycles. The third-order valence-corrected chi connectivity index (χ3v) is 5.78. The number of aromatic amines is 1. The van der Waals surface area contributed by atoms with Crippen molar-refractivity contribution in [1.82, 2.24) is 10.1 Å². The fraction of sp³-hybridized carbons (Fsp3) is 0.412. The average Bonchev–Trinajstić information content (AvgIpc) is 3.06. The van der Waals surface area contributed by atoms with Crippen LogP contribution in [0.5, 0.6) is 0 Å². The highest BCUT2D eigenvalue weighted by Crippen LogP contribution is 2.39. The number of carbonyl (C=O) groups excluding carboxylic acids is 1. The first kappa shape index (κ1) is 18.2. The number of nitrogens with one attached hydrogen (secondary N) is 1. The van der Waals surface area contributed by atoms with Crippen molar-refractivity contribution in [2.45, 2.75) is 29.7 Å². The van der Waals surface area contributed by atoms with Crippen LogP contribution in [-0.2, 0) is 14.6 Å². The molecule has 1 aliphatic heterocycles. The molecule has 9 heteroatoms. The van der Waals surface area contributed by atoms with Crippen molar-refractivity contribution in [3.8, 4) is 0 Å². The van der Waals surface area contributed by atoms with Gasteiger partial charge in [-0.2, -0.15) is 5.16 Å². The van der Waals surface area contributed by atoms with Gasteiger partial charge >= 0.3 is 6.09 Å². The molecule has 0 bridgehead atoms. The van der Waals surface area contributed by atoms with E-state index in [0.29, 0.717) is 25.1 Å². The number of nitrogens with zero attached hydrogens (tertiary/aromatic N) is 1. The molecule has 1 saturated heterocycles. The fourth-order valence-corrected chi connectivity index (χ4v) is 3.94. The molecule has 0 unspecified atom stereocenters. The minimum atomic E-state index is -3.29. The Kier molecular flexibility index (Phi) is 4.90. The number of H-pyrrole nitrogens is 1. The number of hydrogen-bond acceptors (Lipinski definition) is 6. The first-order chi connectivity index (χ1) is 12.3. The van der Waals surface area contributed by atoms with Crippen LogP contribution in [0.1, 0.15) is 36.1 Å². The summed E-state index contributed by atoms with van der Waals surface area (Å²) in [6.45, 7) is 0.435. The minimum Gasteiger partial charge on any atom is -0.453 e. The summed E-state index contributed by atoms with van der Waals surface area (Å²) in [5, 5.41) is 2.29. The zero-order valence-corrected chi connectivity index (χ0v) is 15.3. The maximum Gasteiger partial charge on any atom is 0.409 e. The van der Waals surface area contributed by atoms with E-state index in [9.17, 15) is 18.0 Å². The van der Waals surface area contributed by atoms with Gasteiger partial charge in [-0.3, -0.25) is 4.79 Å². The molecule has 26 heavy (non-hydrogen) atoms. The molecule has 0 radical (unpaired) electrons. The summed E-state index contributed by atoms with van der Waals surface area (Å²) < 4.78 is 33.4. The Morgan fingerprint density at radius 2 is 2.00 bits per heavy atom. The highest BCUT2D eigenvalue weighted by atomic mass is 32.2. The van der Waals surface area contributed by atoms with Crippen molar-refractivity contribution >= 4 is 15.9 Å². The first-order valence-electron chi connectivity index (χ1n) is 8.12. The number of benzene rings is 1. The monoisotopic (exact) mass is 380 g/mol. The molecule has 140 valence electrons. The summed E-state index contributed by atoms with van der Waals surface area (Å²) in [6.07, 6.45) is 1.87. The molecule has 2 heterocycles. The van der Waals surface area contributed by atoms with Crippen LogP contribution in [0.4, 0.5) is 4.79 Å². The predicted molar refractivity (Wildman–Crippen MR) is 92.7 cm³/mol. The second-order valence-electron chi connectivity index (χ2n) is 6.36. The van der Waals surface area contributed by atoms with Crippen molar-refractivity contribution < 1.29 is 22.5 Å². The molecule has 1 N–H and O–H groups in total. The van der Waals surface area contributed by atoms with E-state index >= 15 is 0 Å². The second-order valence-corrected chi connectivity index (χ2v) is 8.37. The van der Waals surface area contributed by atoms with Gasteiger partial charge in [-0.15, -0.1) is 0 Å². The van der Waals surface area contributed by atoms with Crippen LogP contribution in [-0.4, -0.2) is 44.5 Å². The normalized spacial score (nSPS) is 20.8. The molecule has 0 aliphatic carbocycles.